The second-order valence-corrected chi connectivity index (χ2v) is 17.3. The second kappa shape index (κ2) is 20.0. The minimum Gasteiger partial charge on any atom is -0.504 e. The number of hydrogen-bond acceptors (Lipinski definition) is 15. The van der Waals surface area contributed by atoms with Crippen molar-refractivity contribution in [3.05, 3.63) is 43.5 Å². The number of fused-ring (bicyclic) bond motifs is 1. The molecule has 3 aliphatic rings. The van der Waals surface area contributed by atoms with Gasteiger partial charge in [0.2, 0.25) is 6.10 Å². The van der Waals surface area contributed by atoms with Gasteiger partial charge in [0.25, 0.3) is 17.7 Å². The molecule has 1 aliphatic carbocycles. The zero-order valence-electron chi connectivity index (χ0n) is 29.5. The van der Waals surface area contributed by atoms with E-state index in [-0.39, 0.29) is 51.1 Å². The normalized spacial score (nSPS) is 18.9. The number of amides is 3. The molecule has 1 aromatic carbocycles. The van der Waals surface area contributed by atoms with E-state index in [9.17, 15) is 57.6 Å². The Hall–Kier alpha value is -4.46. The largest absolute Gasteiger partial charge is 0.504 e. The molecule has 1 aromatic heterocycles. The van der Waals surface area contributed by atoms with Gasteiger partial charge < -0.3 is 46.7 Å². The highest BCUT2D eigenvalue weighted by atomic mass is 79.9. The Morgan fingerprint density at radius 3 is 2.36 bits per heavy atom. The molecule has 0 bridgehead atoms. The van der Waals surface area contributed by atoms with E-state index >= 15 is 0 Å². The number of oxime groups is 1. The van der Waals surface area contributed by atoms with Gasteiger partial charge in [0.1, 0.15) is 26.6 Å². The first kappa shape index (κ1) is 46.2. The van der Waals surface area contributed by atoms with E-state index in [4.69, 9.17) is 32.1 Å². The molecule has 2 fully saturated rings. The fourth-order valence-electron chi connectivity index (χ4n) is 5.80. The number of halogens is 5. The van der Waals surface area contributed by atoms with E-state index in [0.29, 0.717) is 28.0 Å². The molecular formula is C32H33BrClF3N6O12S3. The van der Waals surface area contributed by atoms with E-state index in [1.54, 1.807) is 0 Å². The molecule has 26 heteroatoms. The highest BCUT2D eigenvalue weighted by molar-refractivity contribution is 9.11. The average molecular weight is 962 g/mol. The number of β-lactam (4-membered cyclic amide) rings is 1. The third-order valence-corrected chi connectivity index (χ3v) is 12.8. The van der Waals surface area contributed by atoms with Crippen molar-refractivity contribution in [1.29, 1.82) is 0 Å². The number of nitrogens with zero attached hydrogens (tertiary/aromatic N) is 3. The number of nitrogen functional groups attached to an aromatic ring is 1. The number of alkyl halides is 3. The maximum absolute atomic E-state index is 13.6. The zero-order valence-corrected chi connectivity index (χ0v) is 34.2. The summed E-state index contributed by atoms with van der Waals surface area (Å²) in [4.78, 5) is 83.5. The Morgan fingerprint density at radius 2 is 1.79 bits per heavy atom. The van der Waals surface area contributed by atoms with Crippen molar-refractivity contribution in [2.75, 3.05) is 29.5 Å². The van der Waals surface area contributed by atoms with Crippen LogP contribution in [0.5, 0.6) is 11.5 Å². The minimum atomic E-state index is -5.08. The monoisotopic (exact) mass is 960 g/mol. The summed E-state index contributed by atoms with van der Waals surface area (Å²) in [7, 11) is 0. The molecule has 9 N–H and O–H groups in total. The van der Waals surface area contributed by atoms with Gasteiger partial charge in [-0.05, 0) is 46.5 Å². The van der Waals surface area contributed by atoms with Crippen molar-refractivity contribution in [3.8, 4) is 11.5 Å². The third kappa shape index (κ3) is 11.2. The number of aromatic hydroxyl groups is 2. The molecule has 2 aromatic rings. The van der Waals surface area contributed by atoms with Gasteiger partial charge in [-0.2, -0.15) is 24.9 Å². The number of nitrogens with one attached hydrogen (secondary N) is 2. The number of thioether (sulfide) groups is 2. The molecule has 3 atom stereocenters. The van der Waals surface area contributed by atoms with Gasteiger partial charge in [-0.3, -0.25) is 19.3 Å². The fourth-order valence-corrected chi connectivity index (χ4v) is 9.73. The fraction of sp³-hybridized carbons (Fsp3) is 0.438. The number of aliphatic carboxylic acids is 3. The summed E-state index contributed by atoms with van der Waals surface area (Å²) in [5, 5.41) is 54.5. The maximum atomic E-state index is 13.6. The predicted octanol–water partition coefficient (Wildman–Crippen LogP) is 3.84. The standard InChI is InChI=1S/C30H32BrClN6O10S3.C2HF3O2/c31-23-17(36-30(33)51-23)18(37-48-22(29(46)47)12-4-2-1-3-5-12)25(42)35-19-26(43)38-20(28(44)45)13(11-50-27(19)38)10-49-9-8-34-24(41)14-6-7-15(39)21(40)16(14)32;3-2(4,5)1(6)7/h6-7,12,19,22,27,39-40H,1-5,8-11H2,(H2,33,36)(H,34,41)(H,35,42)(H,44,45)(H,46,47);(H,6,7)/b37-18-;/t19-,22?,27-;/m1./s1. The number of anilines is 1. The van der Waals surface area contributed by atoms with Gasteiger partial charge in [-0.1, -0.05) is 47.4 Å². The van der Waals surface area contributed by atoms with Crippen molar-refractivity contribution >= 4 is 109 Å². The van der Waals surface area contributed by atoms with Crippen molar-refractivity contribution < 1.29 is 72.3 Å². The van der Waals surface area contributed by atoms with Gasteiger partial charge >= 0.3 is 24.1 Å². The Balaban J connectivity index is 0.000000973. The molecular weight excluding hydrogens is 929 g/mol. The highest BCUT2D eigenvalue weighted by Crippen LogP contribution is 2.41. The first-order valence-electron chi connectivity index (χ1n) is 16.7. The molecule has 3 heterocycles. The quantitative estimate of drug-likeness (QED) is 0.0439. The maximum Gasteiger partial charge on any atom is 0.490 e. The molecule has 1 saturated heterocycles. The number of aromatic nitrogens is 1. The molecule has 58 heavy (non-hydrogen) atoms. The van der Waals surface area contributed by atoms with Gasteiger partial charge in [-0.15, -0.1) is 11.8 Å². The lowest BCUT2D eigenvalue weighted by Crippen LogP contribution is -2.71. The second-order valence-electron chi connectivity index (χ2n) is 12.4. The first-order valence-corrected chi connectivity index (χ1v) is 20.9. The number of carbonyl (C=O) groups excluding carboxylic acids is 3. The SMILES string of the molecule is Nc1nc(/C(=N/OC(C(=O)O)C2CCCCC2)C(=O)N[C@@H]2C(=O)N3C(C(=O)O)=C(CSCCNC(=O)c4ccc(O)c(O)c4Cl)CS[C@H]23)c(Br)s1.O=C(O)C(F)(F)F. The summed E-state index contributed by atoms with van der Waals surface area (Å²) in [6.07, 6.45) is -2.45. The van der Waals surface area contributed by atoms with E-state index in [0.717, 1.165) is 41.6 Å². The number of carboxylic acid groups (broad SMARTS) is 3. The first-order chi connectivity index (χ1) is 27.2. The van der Waals surface area contributed by atoms with Crippen molar-refractivity contribution in [2.24, 2.45) is 11.1 Å². The van der Waals surface area contributed by atoms with Crippen LogP contribution in [0.3, 0.4) is 0 Å². The topological polar surface area (TPSA) is 291 Å². The van der Waals surface area contributed by atoms with Crippen LogP contribution in [0.4, 0.5) is 18.3 Å². The number of carboxylic acids is 3. The van der Waals surface area contributed by atoms with Crippen LogP contribution in [-0.2, 0) is 28.8 Å². The number of phenolic OH excluding ortho intramolecular Hbond substituents is 2. The summed E-state index contributed by atoms with van der Waals surface area (Å²) in [5.41, 5.74) is 5.69. The smallest absolute Gasteiger partial charge is 0.490 e. The molecule has 0 radical (unpaired) electrons. The van der Waals surface area contributed by atoms with Crippen molar-refractivity contribution in [1.82, 2.24) is 20.5 Å². The van der Waals surface area contributed by atoms with E-state index in [2.05, 4.69) is 36.7 Å². The predicted molar refractivity (Wildman–Crippen MR) is 208 cm³/mol. The zero-order chi connectivity index (χ0) is 43.1. The Bertz CT molecular complexity index is 2020. The Kier molecular flexibility index (Phi) is 15.9. The molecule has 5 rings (SSSR count). The number of thiazole rings is 1. The van der Waals surface area contributed by atoms with E-state index < -0.39 is 76.5 Å². The number of phenols is 2. The Morgan fingerprint density at radius 1 is 1.14 bits per heavy atom. The summed E-state index contributed by atoms with van der Waals surface area (Å²) in [5.74, 6) is -7.96. The lowest BCUT2D eigenvalue weighted by molar-refractivity contribution is -0.192. The molecule has 1 unspecified atom stereocenters. The molecule has 3 amide bonds. The van der Waals surface area contributed by atoms with Gasteiger partial charge in [0.05, 0.1) is 10.6 Å². The average Bonchev–Trinajstić information content (AvgIpc) is 3.50. The highest BCUT2D eigenvalue weighted by Gasteiger charge is 2.54. The van der Waals surface area contributed by atoms with Crippen LogP contribution in [0.1, 0.15) is 48.2 Å². The van der Waals surface area contributed by atoms with Crippen molar-refractivity contribution in [2.45, 2.75) is 55.8 Å². The summed E-state index contributed by atoms with van der Waals surface area (Å²) in [6.45, 7) is 0.173. The van der Waals surface area contributed by atoms with E-state index in [1.807, 2.05) is 0 Å². The number of nitrogens with two attached hydrogens (primary N) is 1. The summed E-state index contributed by atoms with van der Waals surface area (Å²) in [6, 6.07) is 1.28. The minimum absolute atomic E-state index is 0.00589. The van der Waals surface area contributed by atoms with Crippen molar-refractivity contribution in [3.63, 3.8) is 0 Å². The van der Waals surface area contributed by atoms with Crippen LogP contribution in [-0.4, -0.2) is 124 Å². The Labute approximate surface area is 351 Å². The van der Waals surface area contributed by atoms with Gasteiger partial charge in [0.15, 0.2) is 22.3 Å². The number of carbonyl (C=O) groups is 6. The van der Waals surface area contributed by atoms with Gasteiger partial charge in [0, 0.05) is 29.7 Å². The number of benzene rings is 1. The van der Waals surface area contributed by atoms with Crippen LogP contribution >= 0.6 is 62.4 Å². The number of rotatable bonds is 14. The van der Waals surface area contributed by atoms with Crippen LogP contribution in [0, 0.1) is 5.92 Å². The molecule has 2 aliphatic heterocycles. The lowest BCUT2D eigenvalue weighted by Gasteiger charge is -2.49. The van der Waals surface area contributed by atoms with E-state index in [1.165, 1.54) is 29.6 Å². The van der Waals surface area contributed by atoms with Crippen LogP contribution < -0.4 is 16.4 Å². The van der Waals surface area contributed by atoms with Crippen LogP contribution in [0.15, 0.2) is 32.3 Å². The summed E-state index contributed by atoms with van der Waals surface area (Å²) < 4.78 is 32.1. The van der Waals surface area contributed by atoms with Crippen LogP contribution in [0.25, 0.3) is 0 Å². The summed E-state index contributed by atoms with van der Waals surface area (Å²) >= 11 is 12.8. The molecule has 18 nitrogen and oxygen atoms in total. The molecule has 1 saturated carbocycles. The van der Waals surface area contributed by atoms with Crippen LogP contribution in [0.2, 0.25) is 5.02 Å². The molecule has 0 spiro atoms. The number of hydrogen-bond donors (Lipinski definition) is 8. The molecule has 316 valence electrons. The van der Waals surface area contributed by atoms with Gasteiger partial charge in [-0.25, -0.2) is 19.4 Å². The third-order valence-electron chi connectivity index (χ3n) is 8.55. The lowest BCUT2D eigenvalue weighted by atomic mass is 9.85.